The van der Waals surface area contributed by atoms with E-state index in [2.05, 4.69) is 43.2 Å². The van der Waals surface area contributed by atoms with Crippen molar-refractivity contribution in [3.63, 3.8) is 0 Å². The van der Waals surface area contributed by atoms with Crippen LogP contribution in [0.2, 0.25) is 0 Å². The molecule has 0 spiro atoms. The summed E-state index contributed by atoms with van der Waals surface area (Å²) < 4.78 is 0. The fraction of sp³-hybridized carbons (Fsp3) is 0.706. The fourth-order valence-corrected chi connectivity index (χ4v) is 2.58. The first-order valence-corrected chi connectivity index (χ1v) is 7.87. The van der Waals surface area contributed by atoms with Crippen molar-refractivity contribution in [3.05, 3.63) is 29.6 Å². The minimum atomic E-state index is 0.458. The zero-order chi connectivity index (χ0) is 14.1. The van der Waals surface area contributed by atoms with Crippen molar-refractivity contribution < 1.29 is 0 Å². The van der Waals surface area contributed by atoms with E-state index < -0.39 is 0 Å². The molecule has 1 N–H and O–H groups in total. The maximum absolute atomic E-state index is 4.44. The zero-order valence-electron chi connectivity index (χ0n) is 13.1. The molecule has 108 valence electrons. The van der Waals surface area contributed by atoms with E-state index in [1.54, 1.807) is 0 Å². The Morgan fingerprint density at radius 2 is 2.00 bits per heavy atom. The molecule has 0 aliphatic rings. The van der Waals surface area contributed by atoms with Gasteiger partial charge >= 0.3 is 0 Å². The van der Waals surface area contributed by atoms with Crippen LogP contribution >= 0.6 is 0 Å². The van der Waals surface area contributed by atoms with Crippen LogP contribution in [0.5, 0.6) is 0 Å². The van der Waals surface area contributed by atoms with E-state index >= 15 is 0 Å². The zero-order valence-corrected chi connectivity index (χ0v) is 13.1. The number of unbranched alkanes of at least 4 members (excludes halogenated alkanes) is 1. The number of rotatable bonds is 9. The second kappa shape index (κ2) is 9.08. The molecule has 1 heterocycles. The molecule has 2 heteroatoms. The first-order chi connectivity index (χ1) is 9.21. The molecule has 19 heavy (non-hydrogen) atoms. The summed E-state index contributed by atoms with van der Waals surface area (Å²) in [5.74, 6) is 0.824. The van der Waals surface area contributed by atoms with Gasteiger partial charge in [0.25, 0.3) is 0 Å². The summed E-state index contributed by atoms with van der Waals surface area (Å²) in [6, 6.07) is 4.80. The van der Waals surface area contributed by atoms with Crippen LogP contribution in [0.4, 0.5) is 0 Å². The van der Waals surface area contributed by atoms with Crippen molar-refractivity contribution in [1.29, 1.82) is 0 Å². The monoisotopic (exact) mass is 262 g/mol. The summed E-state index contributed by atoms with van der Waals surface area (Å²) in [4.78, 5) is 4.44. The third-order valence-electron chi connectivity index (χ3n) is 3.90. The summed E-state index contributed by atoms with van der Waals surface area (Å²) >= 11 is 0. The van der Waals surface area contributed by atoms with Crippen LogP contribution < -0.4 is 5.32 Å². The summed E-state index contributed by atoms with van der Waals surface area (Å²) in [6.07, 6.45) is 8.55. The number of pyridine rings is 1. The van der Waals surface area contributed by atoms with Gasteiger partial charge in [-0.25, -0.2) is 0 Å². The van der Waals surface area contributed by atoms with Gasteiger partial charge in [0.05, 0.1) is 0 Å². The topological polar surface area (TPSA) is 24.9 Å². The van der Waals surface area contributed by atoms with Gasteiger partial charge in [0.1, 0.15) is 0 Å². The molecule has 0 fully saturated rings. The van der Waals surface area contributed by atoms with Crippen LogP contribution in [0.3, 0.4) is 0 Å². The predicted molar refractivity (Wildman–Crippen MR) is 83.3 cm³/mol. The fourth-order valence-electron chi connectivity index (χ4n) is 2.58. The average Bonchev–Trinajstić information content (AvgIpc) is 2.43. The third kappa shape index (κ3) is 5.73. The molecule has 1 aromatic heterocycles. The van der Waals surface area contributed by atoms with E-state index in [1.807, 2.05) is 13.1 Å². The molecule has 2 atom stereocenters. The smallest absolute Gasteiger partial charge is 0.0372 e. The molecule has 0 saturated heterocycles. The molecule has 1 rings (SSSR count). The summed E-state index contributed by atoms with van der Waals surface area (Å²) in [5, 5.41) is 3.62. The van der Waals surface area contributed by atoms with Gasteiger partial charge in [-0.05, 0) is 37.4 Å². The number of nitrogens with zero attached hydrogens (tertiary/aromatic N) is 1. The minimum Gasteiger partial charge on any atom is -0.310 e. The van der Waals surface area contributed by atoms with Crippen LogP contribution in [0, 0.1) is 12.8 Å². The van der Waals surface area contributed by atoms with Crippen molar-refractivity contribution in [2.24, 2.45) is 5.92 Å². The number of nitrogens with one attached hydrogen (secondary N) is 1. The van der Waals surface area contributed by atoms with Gasteiger partial charge < -0.3 is 5.32 Å². The lowest BCUT2D eigenvalue weighted by molar-refractivity contribution is 0.356. The van der Waals surface area contributed by atoms with E-state index in [1.165, 1.54) is 37.7 Å². The summed E-state index contributed by atoms with van der Waals surface area (Å²) in [6.45, 7) is 9.83. The van der Waals surface area contributed by atoms with Crippen molar-refractivity contribution in [3.8, 4) is 0 Å². The Bertz CT molecular complexity index is 332. The maximum Gasteiger partial charge on any atom is 0.0372 e. The normalized spacial score (nSPS) is 14.3. The molecule has 0 aromatic carbocycles. The molecule has 2 nitrogen and oxygen atoms in total. The Balaban J connectivity index is 2.67. The van der Waals surface area contributed by atoms with E-state index in [9.17, 15) is 0 Å². The Kier molecular flexibility index (Phi) is 7.73. The Labute approximate surface area is 119 Å². The SMILES string of the molecule is CCCCC(CC)CC(NCC)c1ccc(C)nc1. The van der Waals surface area contributed by atoms with Crippen molar-refractivity contribution in [1.82, 2.24) is 10.3 Å². The second-order valence-corrected chi connectivity index (χ2v) is 5.50. The first kappa shape index (κ1) is 16.2. The number of hydrogen-bond acceptors (Lipinski definition) is 2. The molecular weight excluding hydrogens is 232 g/mol. The highest BCUT2D eigenvalue weighted by atomic mass is 14.9. The van der Waals surface area contributed by atoms with Crippen LogP contribution in [0.25, 0.3) is 0 Å². The van der Waals surface area contributed by atoms with Crippen molar-refractivity contribution in [2.75, 3.05) is 6.54 Å². The highest BCUT2D eigenvalue weighted by molar-refractivity contribution is 5.17. The maximum atomic E-state index is 4.44. The van der Waals surface area contributed by atoms with Crippen molar-refractivity contribution in [2.45, 2.75) is 65.8 Å². The molecular formula is C17H30N2. The lowest BCUT2D eigenvalue weighted by Crippen LogP contribution is -2.23. The number of hydrogen-bond donors (Lipinski definition) is 1. The average molecular weight is 262 g/mol. The molecule has 0 aliphatic heterocycles. The van der Waals surface area contributed by atoms with Crippen molar-refractivity contribution >= 4 is 0 Å². The van der Waals surface area contributed by atoms with Crippen LogP contribution in [0.1, 0.15) is 70.2 Å². The minimum absolute atomic E-state index is 0.458. The lowest BCUT2D eigenvalue weighted by atomic mass is 9.89. The molecule has 1 aromatic rings. The van der Waals surface area contributed by atoms with Gasteiger partial charge in [0, 0.05) is 17.9 Å². The summed E-state index contributed by atoms with van der Waals surface area (Å²) in [5.41, 5.74) is 2.43. The molecule has 0 radical (unpaired) electrons. The molecule has 0 aliphatic carbocycles. The van der Waals surface area contributed by atoms with E-state index in [-0.39, 0.29) is 0 Å². The number of aromatic nitrogens is 1. The molecule has 0 bridgehead atoms. The number of aryl methyl sites for hydroxylation is 1. The first-order valence-electron chi connectivity index (χ1n) is 7.87. The van der Waals surface area contributed by atoms with Crippen LogP contribution in [-0.2, 0) is 0 Å². The van der Waals surface area contributed by atoms with Crippen LogP contribution in [0.15, 0.2) is 18.3 Å². The van der Waals surface area contributed by atoms with Crippen LogP contribution in [-0.4, -0.2) is 11.5 Å². The quantitative estimate of drug-likeness (QED) is 0.701. The Morgan fingerprint density at radius 1 is 1.21 bits per heavy atom. The largest absolute Gasteiger partial charge is 0.310 e. The third-order valence-corrected chi connectivity index (χ3v) is 3.90. The van der Waals surface area contributed by atoms with Gasteiger partial charge in [-0.2, -0.15) is 0 Å². The van der Waals surface area contributed by atoms with Gasteiger partial charge in [-0.3, -0.25) is 4.98 Å². The second-order valence-electron chi connectivity index (χ2n) is 5.50. The van der Waals surface area contributed by atoms with Gasteiger partial charge in [0.2, 0.25) is 0 Å². The van der Waals surface area contributed by atoms with E-state index in [0.29, 0.717) is 6.04 Å². The van der Waals surface area contributed by atoms with Gasteiger partial charge in [0.15, 0.2) is 0 Å². The highest BCUT2D eigenvalue weighted by Crippen LogP contribution is 2.26. The Morgan fingerprint density at radius 3 is 2.53 bits per heavy atom. The Hall–Kier alpha value is -0.890. The lowest BCUT2D eigenvalue weighted by Gasteiger charge is -2.23. The summed E-state index contributed by atoms with van der Waals surface area (Å²) in [7, 11) is 0. The predicted octanol–water partition coefficient (Wildman–Crippen LogP) is 4.65. The highest BCUT2D eigenvalue weighted by Gasteiger charge is 2.16. The van der Waals surface area contributed by atoms with Gasteiger partial charge in [-0.1, -0.05) is 52.5 Å². The van der Waals surface area contributed by atoms with E-state index in [4.69, 9.17) is 0 Å². The standard InChI is InChI=1S/C17H30N2/c1-5-8-9-15(6-2)12-17(18-7-3)16-11-10-14(4)19-13-16/h10-11,13,15,17-18H,5-9,12H2,1-4H3. The molecule has 0 saturated carbocycles. The van der Waals surface area contributed by atoms with Gasteiger partial charge in [-0.15, -0.1) is 0 Å². The molecule has 2 unspecified atom stereocenters. The van der Waals surface area contributed by atoms with E-state index in [0.717, 1.165) is 18.2 Å². The molecule has 0 amide bonds.